The zero-order chi connectivity index (χ0) is 23.6. The van der Waals surface area contributed by atoms with Crippen molar-refractivity contribution in [2.24, 2.45) is 0 Å². The summed E-state index contributed by atoms with van der Waals surface area (Å²) < 4.78 is 29.8. The minimum atomic E-state index is -3.73. The molecule has 1 aliphatic rings. The first-order valence-corrected chi connectivity index (χ1v) is 11.8. The molecule has 4 rings (SSSR count). The highest BCUT2D eigenvalue weighted by atomic mass is 32.2. The van der Waals surface area contributed by atoms with Crippen LogP contribution in [-0.2, 0) is 29.3 Å². The second-order valence-corrected chi connectivity index (χ2v) is 9.33. The lowest BCUT2D eigenvalue weighted by Crippen LogP contribution is -2.34. The summed E-state index contributed by atoms with van der Waals surface area (Å²) in [4.78, 5) is 17.0. The Labute approximate surface area is 191 Å². The number of hydrogen-bond acceptors (Lipinski definition) is 7. The highest BCUT2D eigenvalue weighted by Crippen LogP contribution is 2.38. The molecule has 2 amide bonds. The number of pyridine rings is 1. The first kappa shape index (κ1) is 22.3. The van der Waals surface area contributed by atoms with Gasteiger partial charge in [-0.2, -0.15) is 5.10 Å². The predicted octanol–water partition coefficient (Wildman–Crippen LogP) is 3.66. The Kier molecular flexibility index (Phi) is 6.05. The van der Waals surface area contributed by atoms with Gasteiger partial charge in [0.05, 0.1) is 19.3 Å². The maximum Gasteiger partial charge on any atom is 0.332 e. The molecule has 4 N–H and O–H groups in total. The molecule has 0 aliphatic heterocycles. The predicted molar refractivity (Wildman–Crippen MR) is 124 cm³/mol. The molecule has 1 atom stereocenters. The molecule has 2 heterocycles. The first-order chi connectivity index (χ1) is 15.8. The van der Waals surface area contributed by atoms with Crippen LogP contribution >= 0.6 is 0 Å². The molecule has 0 radical (unpaired) electrons. The van der Waals surface area contributed by atoms with E-state index >= 15 is 0 Å². The van der Waals surface area contributed by atoms with Gasteiger partial charge in [0.25, 0.3) is 0 Å². The molecule has 1 aromatic carbocycles. The number of urea groups is 1. The third-order valence-electron chi connectivity index (χ3n) is 5.27. The molecule has 3 aromatic rings. The average molecular weight is 469 g/mol. The van der Waals surface area contributed by atoms with Crippen LogP contribution in [0.2, 0.25) is 0 Å². The maximum atomic E-state index is 12.9. The lowest BCUT2D eigenvalue weighted by Gasteiger charge is -2.17. The fraction of sp³-hybridized carbons (Fsp3) is 0.227. The molecule has 0 saturated heterocycles. The molecule has 10 nitrogen and oxygen atoms in total. The summed E-state index contributed by atoms with van der Waals surface area (Å²) in [5.41, 5.74) is 4.34. The standard InChI is InChI=1S/C22H24N6O4S/c1-14(29)13-28-11-9-20(26-28)33(23,31)27-22(30)25-21-17-5-3-4-15(17)6-7-18(21)16-8-10-24-19(12-16)32-2/h6-12,29H,1,3-5,13H2,2H3,(H3,23,25,27,30,31). The van der Waals surface area contributed by atoms with Crippen LogP contribution in [-0.4, -0.2) is 37.2 Å². The molecule has 0 bridgehead atoms. The topological polar surface area (TPSA) is 142 Å². The third kappa shape index (κ3) is 4.82. The number of aryl methyl sites for hydroxylation is 1. The van der Waals surface area contributed by atoms with Gasteiger partial charge in [0.1, 0.15) is 5.76 Å². The SMILES string of the molecule is C=C(O)Cn1ccc(S(=N)(=O)NC(=O)Nc2c(-c3ccnc(OC)c3)ccc3c2CCC3)n1. The zero-order valence-corrected chi connectivity index (χ0v) is 18.8. The second-order valence-electron chi connectivity index (χ2n) is 7.60. The summed E-state index contributed by atoms with van der Waals surface area (Å²) in [7, 11) is -2.20. The monoisotopic (exact) mass is 468 g/mol. The lowest BCUT2D eigenvalue weighted by molar-refractivity contribution is 0.256. The maximum absolute atomic E-state index is 12.9. The summed E-state index contributed by atoms with van der Waals surface area (Å²) >= 11 is 0. The van der Waals surface area contributed by atoms with E-state index in [4.69, 9.17) is 9.52 Å². The number of nitrogens with zero attached hydrogens (tertiary/aromatic N) is 3. The summed E-state index contributed by atoms with van der Waals surface area (Å²) in [6, 6.07) is 8.14. The number of anilines is 1. The zero-order valence-electron chi connectivity index (χ0n) is 18.0. The number of benzene rings is 1. The van der Waals surface area contributed by atoms with Gasteiger partial charge >= 0.3 is 6.03 Å². The van der Waals surface area contributed by atoms with Gasteiger partial charge in [-0.15, -0.1) is 0 Å². The van der Waals surface area contributed by atoms with Gasteiger partial charge in [-0.25, -0.2) is 23.5 Å². The molecule has 0 fully saturated rings. The molecular weight excluding hydrogens is 444 g/mol. The highest BCUT2D eigenvalue weighted by Gasteiger charge is 2.23. The van der Waals surface area contributed by atoms with Gasteiger partial charge in [0.2, 0.25) is 5.88 Å². The Morgan fingerprint density at radius 1 is 1.33 bits per heavy atom. The second kappa shape index (κ2) is 8.94. The van der Waals surface area contributed by atoms with Crippen LogP contribution in [0.4, 0.5) is 10.5 Å². The van der Waals surface area contributed by atoms with Crippen molar-refractivity contribution in [3.05, 3.63) is 66.2 Å². The molecule has 11 heteroatoms. The van der Waals surface area contributed by atoms with Crippen molar-refractivity contribution < 1.29 is 18.8 Å². The Morgan fingerprint density at radius 2 is 2.15 bits per heavy atom. The minimum absolute atomic E-state index is 0.00335. The Balaban J connectivity index is 1.62. The number of hydrogen-bond donors (Lipinski definition) is 4. The number of rotatable bonds is 7. The number of ether oxygens (including phenoxy) is 1. The van der Waals surface area contributed by atoms with E-state index in [2.05, 4.69) is 26.7 Å². The van der Waals surface area contributed by atoms with Crippen LogP contribution in [0.1, 0.15) is 17.5 Å². The van der Waals surface area contributed by atoms with E-state index in [0.29, 0.717) is 11.6 Å². The number of amides is 2. The van der Waals surface area contributed by atoms with Crippen LogP contribution < -0.4 is 14.8 Å². The van der Waals surface area contributed by atoms with Gasteiger partial charge in [-0.3, -0.25) is 4.68 Å². The van der Waals surface area contributed by atoms with Crippen molar-refractivity contribution in [2.45, 2.75) is 30.8 Å². The lowest BCUT2D eigenvalue weighted by atomic mass is 9.98. The van der Waals surface area contributed by atoms with Gasteiger partial charge in [-0.1, -0.05) is 18.7 Å². The van der Waals surface area contributed by atoms with E-state index in [9.17, 15) is 14.1 Å². The molecule has 2 aromatic heterocycles. The number of methoxy groups -OCH3 is 1. The molecule has 0 spiro atoms. The molecule has 1 unspecified atom stereocenters. The summed E-state index contributed by atoms with van der Waals surface area (Å²) in [6.07, 6.45) is 5.75. The van der Waals surface area contributed by atoms with Gasteiger partial charge in [-0.05, 0) is 48.1 Å². The van der Waals surface area contributed by atoms with E-state index in [-0.39, 0.29) is 17.3 Å². The number of aliphatic hydroxyl groups is 1. The molecule has 0 saturated carbocycles. The van der Waals surface area contributed by atoms with Gasteiger partial charge < -0.3 is 15.2 Å². The van der Waals surface area contributed by atoms with E-state index in [0.717, 1.165) is 41.5 Å². The molecule has 172 valence electrons. The van der Waals surface area contributed by atoms with E-state index in [1.165, 1.54) is 24.1 Å². The van der Waals surface area contributed by atoms with Crippen molar-refractivity contribution in [3.8, 4) is 17.0 Å². The van der Waals surface area contributed by atoms with Crippen LogP contribution in [0, 0.1) is 4.78 Å². The molecule has 33 heavy (non-hydrogen) atoms. The van der Waals surface area contributed by atoms with Crippen molar-refractivity contribution >= 4 is 21.6 Å². The van der Waals surface area contributed by atoms with Crippen molar-refractivity contribution in [2.75, 3.05) is 12.4 Å². The number of fused-ring (bicyclic) bond motifs is 1. The van der Waals surface area contributed by atoms with E-state index < -0.39 is 15.9 Å². The first-order valence-electron chi connectivity index (χ1n) is 10.2. The number of aliphatic hydroxyl groups excluding tert-OH is 1. The number of nitrogens with one attached hydrogen (secondary N) is 3. The Morgan fingerprint density at radius 3 is 2.91 bits per heavy atom. The smallest absolute Gasteiger partial charge is 0.332 e. The number of carbonyl (C=O) groups is 1. The van der Waals surface area contributed by atoms with Crippen molar-refractivity contribution in [1.82, 2.24) is 19.5 Å². The van der Waals surface area contributed by atoms with Crippen molar-refractivity contribution in [3.63, 3.8) is 0 Å². The minimum Gasteiger partial charge on any atom is -0.511 e. The van der Waals surface area contributed by atoms with E-state index in [1.807, 2.05) is 18.2 Å². The molecule has 1 aliphatic carbocycles. The summed E-state index contributed by atoms with van der Waals surface area (Å²) in [6.45, 7) is 3.37. The summed E-state index contributed by atoms with van der Waals surface area (Å²) in [5.74, 6) is 0.309. The fourth-order valence-electron chi connectivity index (χ4n) is 3.83. The number of aromatic nitrogens is 3. The summed E-state index contributed by atoms with van der Waals surface area (Å²) in [5, 5.41) is 16.0. The van der Waals surface area contributed by atoms with Crippen LogP contribution in [0.5, 0.6) is 5.88 Å². The quantitative estimate of drug-likeness (QED) is 0.390. The van der Waals surface area contributed by atoms with Gasteiger partial charge in [0, 0.05) is 24.0 Å². The van der Waals surface area contributed by atoms with Crippen LogP contribution in [0.15, 0.2) is 60.1 Å². The highest BCUT2D eigenvalue weighted by molar-refractivity contribution is 7.91. The van der Waals surface area contributed by atoms with E-state index in [1.54, 1.807) is 12.3 Å². The van der Waals surface area contributed by atoms with Crippen LogP contribution in [0.3, 0.4) is 0 Å². The van der Waals surface area contributed by atoms with Crippen LogP contribution in [0.25, 0.3) is 11.1 Å². The fourth-order valence-corrected chi connectivity index (χ4v) is 4.72. The normalized spacial score (nSPS) is 14.2. The van der Waals surface area contributed by atoms with Crippen molar-refractivity contribution in [1.29, 1.82) is 4.78 Å². The Bertz CT molecular complexity index is 1330. The molecular formula is C22H24N6O4S. The van der Waals surface area contributed by atoms with Gasteiger partial charge in [0.15, 0.2) is 14.9 Å². The largest absolute Gasteiger partial charge is 0.511 e. The Hall–Kier alpha value is -3.86. The average Bonchev–Trinajstić information content (AvgIpc) is 3.43. The number of carbonyl (C=O) groups excluding carboxylic acids is 1. The number of allylic oxidation sites excluding steroid dienone is 1. The third-order valence-corrected chi connectivity index (χ3v) is 6.55.